The number of nitrogens with one attached hydrogen (secondary N) is 1. The van der Waals surface area contributed by atoms with Gasteiger partial charge in [-0.1, -0.05) is 38.3 Å². The van der Waals surface area contributed by atoms with Crippen molar-refractivity contribution in [1.29, 1.82) is 0 Å². The quantitative estimate of drug-likeness (QED) is 0.299. The third-order valence-corrected chi connectivity index (χ3v) is 3.61. The zero-order valence-corrected chi connectivity index (χ0v) is 16.2. The highest BCUT2D eigenvalue weighted by Gasteiger charge is 2.13. The van der Waals surface area contributed by atoms with Crippen LogP contribution in [0.4, 0.5) is 0 Å². The van der Waals surface area contributed by atoms with Crippen LogP contribution in [-0.2, 0) is 6.54 Å². The minimum absolute atomic E-state index is 0. The minimum Gasteiger partial charge on any atom is -0.490 e. The lowest BCUT2D eigenvalue weighted by Gasteiger charge is -2.11. The first-order valence-corrected chi connectivity index (χ1v) is 8.22. The molecular weight excluding hydrogens is 405 g/mol. The number of nitrogens with two attached hydrogens (primary N) is 1. The van der Waals surface area contributed by atoms with Crippen molar-refractivity contribution in [2.45, 2.75) is 45.6 Å². The van der Waals surface area contributed by atoms with E-state index in [0.717, 1.165) is 36.4 Å². The zero-order valence-electron chi connectivity index (χ0n) is 13.8. The molecule has 0 fully saturated rings. The summed E-state index contributed by atoms with van der Waals surface area (Å²) >= 11 is 0. The van der Waals surface area contributed by atoms with Crippen LogP contribution in [-0.4, -0.2) is 25.7 Å². The fraction of sp³-hybridized carbons (Fsp3) is 0.588. The summed E-state index contributed by atoms with van der Waals surface area (Å²) in [5.74, 6) is 2.10. The molecule has 23 heavy (non-hydrogen) atoms. The van der Waals surface area contributed by atoms with Gasteiger partial charge >= 0.3 is 0 Å². The summed E-state index contributed by atoms with van der Waals surface area (Å²) in [7, 11) is 0. The Balaban J connectivity index is 0.00000264. The lowest BCUT2D eigenvalue weighted by atomic mass is 10.2. The van der Waals surface area contributed by atoms with Crippen LogP contribution >= 0.6 is 24.0 Å². The second kappa shape index (κ2) is 11.4. The number of unbranched alkanes of at least 4 members (excludes halogenated alkanes) is 3. The summed E-state index contributed by atoms with van der Waals surface area (Å²) in [6.45, 7) is 4.96. The van der Waals surface area contributed by atoms with Crippen molar-refractivity contribution >= 4 is 29.9 Å². The van der Waals surface area contributed by atoms with Crippen molar-refractivity contribution in [2.24, 2.45) is 10.7 Å². The molecule has 0 atom stereocenters. The highest BCUT2D eigenvalue weighted by atomic mass is 127. The van der Waals surface area contributed by atoms with Gasteiger partial charge in [-0.2, -0.15) is 0 Å². The average molecular weight is 433 g/mol. The second-order valence-electron chi connectivity index (χ2n) is 5.48. The van der Waals surface area contributed by atoms with E-state index in [1.54, 1.807) is 0 Å². The van der Waals surface area contributed by atoms with Gasteiger partial charge in [0.25, 0.3) is 0 Å². The van der Waals surface area contributed by atoms with E-state index >= 15 is 0 Å². The smallest absolute Gasteiger partial charge is 0.188 e. The van der Waals surface area contributed by atoms with Crippen molar-refractivity contribution in [2.75, 3.05) is 19.8 Å². The molecule has 0 unspecified atom stereocenters. The minimum atomic E-state index is 0. The molecule has 1 aromatic carbocycles. The normalized spacial score (nSPS) is 13.9. The fourth-order valence-electron chi connectivity index (χ4n) is 2.37. The van der Waals surface area contributed by atoms with E-state index in [2.05, 4.69) is 17.2 Å². The maximum absolute atomic E-state index is 5.91. The van der Waals surface area contributed by atoms with Crippen molar-refractivity contribution in [3.63, 3.8) is 0 Å². The summed E-state index contributed by atoms with van der Waals surface area (Å²) in [6.07, 6.45) is 5.77. The van der Waals surface area contributed by atoms with E-state index in [1.165, 1.54) is 19.3 Å². The van der Waals surface area contributed by atoms with Crippen molar-refractivity contribution in [3.8, 4) is 11.5 Å². The number of para-hydroxylation sites is 1. The predicted molar refractivity (Wildman–Crippen MR) is 105 cm³/mol. The molecule has 5 nitrogen and oxygen atoms in total. The summed E-state index contributed by atoms with van der Waals surface area (Å²) in [4.78, 5) is 4.40. The molecule has 1 aliphatic rings. The lowest BCUT2D eigenvalue weighted by Crippen LogP contribution is -2.32. The summed E-state index contributed by atoms with van der Waals surface area (Å²) < 4.78 is 11.5. The maximum Gasteiger partial charge on any atom is 0.188 e. The van der Waals surface area contributed by atoms with Gasteiger partial charge < -0.3 is 20.5 Å². The first kappa shape index (κ1) is 19.9. The molecule has 1 aliphatic heterocycles. The van der Waals surface area contributed by atoms with Crippen LogP contribution in [0.3, 0.4) is 0 Å². The summed E-state index contributed by atoms with van der Waals surface area (Å²) in [6, 6.07) is 5.90. The lowest BCUT2D eigenvalue weighted by molar-refractivity contribution is 0.296. The SMILES string of the molecule is CCCCCCNC(N)=NCc1cccc2c1OCCCO2.I. The Morgan fingerprint density at radius 2 is 2.04 bits per heavy atom. The first-order chi connectivity index (χ1) is 10.8. The van der Waals surface area contributed by atoms with Crippen molar-refractivity contribution < 1.29 is 9.47 Å². The standard InChI is InChI=1S/C17H27N3O2.HI/c1-2-3-4-5-10-19-17(18)20-13-14-8-6-9-15-16(14)22-12-7-11-21-15;/h6,8-9H,2-5,7,10-13H2,1H3,(H3,18,19,20);1H. The van der Waals surface area contributed by atoms with Gasteiger partial charge in [0.2, 0.25) is 0 Å². The predicted octanol–water partition coefficient (Wildman–Crippen LogP) is 3.45. The number of hydrogen-bond acceptors (Lipinski definition) is 3. The van der Waals surface area contributed by atoms with Crippen LogP contribution in [0.5, 0.6) is 11.5 Å². The maximum atomic E-state index is 5.91. The van der Waals surface area contributed by atoms with Crippen LogP contribution in [0.25, 0.3) is 0 Å². The van der Waals surface area contributed by atoms with Crippen LogP contribution in [0, 0.1) is 0 Å². The largest absolute Gasteiger partial charge is 0.490 e. The molecule has 0 radical (unpaired) electrons. The summed E-state index contributed by atoms with van der Waals surface area (Å²) in [5.41, 5.74) is 6.92. The molecule has 1 aromatic rings. The average Bonchev–Trinajstić information content (AvgIpc) is 2.78. The van der Waals surface area contributed by atoms with E-state index < -0.39 is 0 Å². The molecule has 130 valence electrons. The highest BCUT2D eigenvalue weighted by molar-refractivity contribution is 14.0. The molecule has 0 saturated carbocycles. The third kappa shape index (κ3) is 6.85. The van der Waals surface area contributed by atoms with Gasteiger partial charge in [-0.3, -0.25) is 0 Å². The van der Waals surface area contributed by atoms with Crippen molar-refractivity contribution in [1.82, 2.24) is 5.32 Å². The van der Waals surface area contributed by atoms with Crippen LogP contribution in [0.2, 0.25) is 0 Å². The summed E-state index contributed by atoms with van der Waals surface area (Å²) in [5, 5.41) is 3.16. The number of fused-ring (bicyclic) bond motifs is 1. The molecule has 0 aromatic heterocycles. The monoisotopic (exact) mass is 433 g/mol. The molecular formula is C17H28IN3O2. The Bertz CT molecular complexity index is 495. The number of guanidine groups is 1. The van der Waals surface area contributed by atoms with E-state index in [1.807, 2.05) is 18.2 Å². The van der Waals surface area contributed by atoms with E-state index in [-0.39, 0.29) is 24.0 Å². The fourth-order valence-corrected chi connectivity index (χ4v) is 2.37. The topological polar surface area (TPSA) is 68.9 Å². The number of halogens is 1. The van der Waals surface area contributed by atoms with Gasteiger partial charge in [0, 0.05) is 18.5 Å². The molecule has 2 rings (SSSR count). The van der Waals surface area contributed by atoms with Crippen LogP contribution < -0.4 is 20.5 Å². The van der Waals surface area contributed by atoms with Crippen molar-refractivity contribution in [3.05, 3.63) is 23.8 Å². The molecule has 1 heterocycles. The number of aliphatic imine (C=N–C) groups is 1. The Morgan fingerprint density at radius 3 is 2.87 bits per heavy atom. The van der Waals surface area contributed by atoms with E-state index in [4.69, 9.17) is 15.2 Å². The number of benzene rings is 1. The highest BCUT2D eigenvalue weighted by Crippen LogP contribution is 2.33. The molecule has 0 spiro atoms. The molecule has 0 saturated heterocycles. The number of hydrogen-bond donors (Lipinski definition) is 2. The molecule has 3 N–H and O–H groups in total. The Kier molecular flexibility index (Phi) is 9.82. The Labute approximate surface area is 156 Å². The van der Waals surface area contributed by atoms with Gasteiger partial charge in [-0.25, -0.2) is 4.99 Å². The van der Waals surface area contributed by atoms with Gasteiger partial charge in [0.1, 0.15) is 0 Å². The number of ether oxygens (including phenoxy) is 2. The van der Waals surface area contributed by atoms with Crippen LogP contribution in [0.15, 0.2) is 23.2 Å². The first-order valence-electron chi connectivity index (χ1n) is 8.22. The van der Waals surface area contributed by atoms with Gasteiger partial charge in [-0.15, -0.1) is 24.0 Å². The van der Waals surface area contributed by atoms with E-state index in [0.29, 0.717) is 25.7 Å². The number of rotatable bonds is 7. The second-order valence-corrected chi connectivity index (χ2v) is 5.48. The van der Waals surface area contributed by atoms with E-state index in [9.17, 15) is 0 Å². The Morgan fingerprint density at radius 1 is 1.22 bits per heavy atom. The number of nitrogens with zero attached hydrogens (tertiary/aromatic N) is 1. The zero-order chi connectivity index (χ0) is 15.6. The van der Waals surface area contributed by atoms with Crippen LogP contribution in [0.1, 0.15) is 44.6 Å². The third-order valence-electron chi connectivity index (χ3n) is 3.61. The Hall–Kier alpha value is -1.18. The molecule has 0 aliphatic carbocycles. The van der Waals surface area contributed by atoms with Gasteiger partial charge in [-0.05, 0) is 12.5 Å². The van der Waals surface area contributed by atoms with Gasteiger partial charge in [0.05, 0.1) is 19.8 Å². The van der Waals surface area contributed by atoms with Gasteiger partial charge in [0.15, 0.2) is 17.5 Å². The molecule has 0 bridgehead atoms. The molecule has 0 amide bonds. The molecule has 6 heteroatoms.